The summed E-state index contributed by atoms with van der Waals surface area (Å²) in [6.07, 6.45) is 1.84. The van der Waals surface area contributed by atoms with Gasteiger partial charge in [0.05, 0.1) is 13.7 Å². The smallest absolute Gasteiger partial charge is 0.374 e. The molecule has 0 N–H and O–H groups in total. The Labute approximate surface area is 124 Å². The first kappa shape index (κ1) is 15.4. The molecule has 1 aromatic heterocycles. The third kappa shape index (κ3) is 4.23. The molecule has 0 radical (unpaired) electrons. The van der Waals surface area contributed by atoms with Gasteiger partial charge in [0.1, 0.15) is 11.3 Å². The highest BCUT2D eigenvalue weighted by Crippen LogP contribution is 2.24. The summed E-state index contributed by atoms with van der Waals surface area (Å²) in [4.78, 5) is 14.0. The fraction of sp³-hybridized carbons (Fsp3) is 0.438. The van der Waals surface area contributed by atoms with Gasteiger partial charge in [-0.25, -0.2) is 4.79 Å². The van der Waals surface area contributed by atoms with Gasteiger partial charge in [-0.3, -0.25) is 0 Å². The molecule has 0 spiro atoms. The Balaban J connectivity index is 1.90. The molecule has 1 heterocycles. The van der Waals surface area contributed by atoms with Crippen LogP contribution in [0, 0.1) is 0 Å². The van der Waals surface area contributed by atoms with Crippen molar-refractivity contribution in [2.24, 2.45) is 0 Å². The molecule has 21 heavy (non-hydrogen) atoms. The normalized spacial score (nSPS) is 11.0. The van der Waals surface area contributed by atoms with E-state index in [1.807, 2.05) is 26.2 Å². The largest absolute Gasteiger partial charge is 0.497 e. The molecular weight excluding hydrogens is 270 g/mol. The van der Waals surface area contributed by atoms with Crippen molar-refractivity contribution in [1.82, 2.24) is 4.90 Å². The molecule has 0 aliphatic heterocycles. The van der Waals surface area contributed by atoms with E-state index in [4.69, 9.17) is 13.9 Å². The number of carbonyl (C=O) groups is 1. The van der Waals surface area contributed by atoms with Gasteiger partial charge in [-0.05, 0) is 51.7 Å². The second kappa shape index (κ2) is 7.13. The molecular formula is C16H21NO4. The third-order valence-electron chi connectivity index (χ3n) is 3.16. The SMILES string of the molecule is COc1ccc2cc(C(=O)OCCCCN(C)C)oc2c1. The van der Waals surface area contributed by atoms with Crippen LogP contribution in [0.5, 0.6) is 5.75 Å². The lowest BCUT2D eigenvalue weighted by molar-refractivity contribution is 0.0463. The molecule has 0 aliphatic carbocycles. The molecule has 0 bridgehead atoms. The molecule has 1 aromatic carbocycles. The number of ether oxygens (including phenoxy) is 2. The van der Waals surface area contributed by atoms with E-state index in [0.717, 1.165) is 24.8 Å². The zero-order valence-electron chi connectivity index (χ0n) is 12.7. The fourth-order valence-electron chi connectivity index (χ4n) is 2.01. The number of carbonyl (C=O) groups excluding carboxylic acids is 1. The average molecular weight is 291 g/mol. The van der Waals surface area contributed by atoms with Crippen LogP contribution in [0.2, 0.25) is 0 Å². The van der Waals surface area contributed by atoms with Gasteiger partial charge in [-0.2, -0.15) is 0 Å². The number of esters is 1. The number of unbranched alkanes of at least 4 members (excludes halogenated alkanes) is 1. The van der Waals surface area contributed by atoms with Gasteiger partial charge in [0.2, 0.25) is 5.76 Å². The second-order valence-corrected chi connectivity index (χ2v) is 5.16. The van der Waals surface area contributed by atoms with Crippen molar-refractivity contribution in [1.29, 1.82) is 0 Å². The Morgan fingerprint density at radius 2 is 2.05 bits per heavy atom. The maximum absolute atomic E-state index is 11.9. The van der Waals surface area contributed by atoms with Crippen LogP contribution in [0.3, 0.4) is 0 Å². The van der Waals surface area contributed by atoms with Gasteiger partial charge >= 0.3 is 5.97 Å². The molecule has 0 fully saturated rings. The lowest BCUT2D eigenvalue weighted by atomic mass is 10.2. The van der Waals surface area contributed by atoms with Crippen LogP contribution in [-0.4, -0.2) is 45.2 Å². The number of rotatable bonds is 7. The number of furan rings is 1. The van der Waals surface area contributed by atoms with Crippen LogP contribution in [0.1, 0.15) is 23.4 Å². The van der Waals surface area contributed by atoms with Crippen molar-refractivity contribution in [3.05, 3.63) is 30.0 Å². The summed E-state index contributed by atoms with van der Waals surface area (Å²) < 4.78 is 15.8. The van der Waals surface area contributed by atoms with Gasteiger partial charge in [0.15, 0.2) is 0 Å². The Bertz CT molecular complexity index is 603. The summed E-state index contributed by atoms with van der Waals surface area (Å²) in [6, 6.07) is 7.12. The van der Waals surface area contributed by atoms with E-state index in [9.17, 15) is 4.79 Å². The maximum Gasteiger partial charge on any atom is 0.374 e. The van der Waals surface area contributed by atoms with Crippen molar-refractivity contribution in [3.63, 3.8) is 0 Å². The summed E-state index contributed by atoms with van der Waals surface area (Å²) in [6.45, 7) is 1.40. The van der Waals surface area contributed by atoms with Gasteiger partial charge in [-0.1, -0.05) is 0 Å². The standard InChI is InChI=1S/C16H21NO4/c1-17(2)8-4-5-9-20-16(18)15-10-12-6-7-13(19-3)11-14(12)21-15/h6-7,10-11H,4-5,8-9H2,1-3H3. The predicted molar refractivity (Wildman–Crippen MR) is 80.8 cm³/mol. The zero-order chi connectivity index (χ0) is 15.2. The molecule has 114 valence electrons. The van der Waals surface area contributed by atoms with E-state index < -0.39 is 5.97 Å². The Hall–Kier alpha value is -2.01. The Morgan fingerprint density at radius 1 is 1.24 bits per heavy atom. The highest BCUT2D eigenvalue weighted by atomic mass is 16.5. The first-order valence-corrected chi connectivity index (χ1v) is 6.99. The van der Waals surface area contributed by atoms with Crippen LogP contribution >= 0.6 is 0 Å². The van der Waals surface area contributed by atoms with Crippen molar-refractivity contribution < 1.29 is 18.7 Å². The van der Waals surface area contributed by atoms with Crippen LogP contribution < -0.4 is 4.74 Å². The van der Waals surface area contributed by atoms with Gasteiger partial charge in [0, 0.05) is 11.5 Å². The highest BCUT2D eigenvalue weighted by Gasteiger charge is 2.14. The summed E-state index contributed by atoms with van der Waals surface area (Å²) in [7, 11) is 5.64. The second-order valence-electron chi connectivity index (χ2n) is 5.16. The van der Waals surface area contributed by atoms with Gasteiger partial charge < -0.3 is 18.8 Å². The molecule has 0 unspecified atom stereocenters. The zero-order valence-corrected chi connectivity index (χ0v) is 12.7. The summed E-state index contributed by atoms with van der Waals surface area (Å²) in [5, 5.41) is 0.857. The topological polar surface area (TPSA) is 51.9 Å². The molecule has 0 aliphatic rings. The molecule has 2 aromatic rings. The highest BCUT2D eigenvalue weighted by molar-refractivity contribution is 5.92. The van der Waals surface area contributed by atoms with Crippen LogP contribution in [0.15, 0.2) is 28.7 Å². The van der Waals surface area contributed by atoms with Crippen molar-refractivity contribution in [3.8, 4) is 5.75 Å². The molecule has 2 rings (SSSR count). The van der Waals surface area contributed by atoms with Gasteiger partial charge in [-0.15, -0.1) is 0 Å². The summed E-state index contributed by atoms with van der Waals surface area (Å²) in [5.41, 5.74) is 0.619. The van der Waals surface area contributed by atoms with E-state index in [1.54, 1.807) is 19.2 Å². The number of nitrogens with zero attached hydrogens (tertiary/aromatic N) is 1. The van der Waals surface area contributed by atoms with E-state index in [-0.39, 0.29) is 5.76 Å². The van der Waals surface area contributed by atoms with E-state index in [2.05, 4.69) is 4.90 Å². The quantitative estimate of drug-likeness (QED) is 0.580. The van der Waals surface area contributed by atoms with E-state index >= 15 is 0 Å². The van der Waals surface area contributed by atoms with Gasteiger partial charge in [0.25, 0.3) is 0 Å². The first-order chi connectivity index (χ1) is 10.1. The summed E-state index contributed by atoms with van der Waals surface area (Å²) >= 11 is 0. The molecule has 0 amide bonds. The molecule has 0 atom stereocenters. The Kier molecular flexibility index (Phi) is 5.22. The number of methoxy groups -OCH3 is 1. The molecule has 5 heteroatoms. The molecule has 5 nitrogen and oxygen atoms in total. The van der Waals surface area contributed by atoms with Crippen LogP contribution in [-0.2, 0) is 4.74 Å². The first-order valence-electron chi connectivity index (χ1n) is 6.99. The average Bonchev–Trinajstić information content (AvgIpc) is 2.89. The number of hydrogen-bond acceptors (Lipinski definition) is 5. The fourth-order valence-corrected chi connectivity index (χ4v) is 2.01. The van der Waals surface area contributed by atoms with Crippen LogP contribution in [0.25, 0.3) is 11.0 Å². The molecule has 0 saturated carbocycles. The number of hydrogen-bond donors (Lipinski definition) is 0. The van der Waals surface area contributed by atoms with E-state index in [0.29, 0.717) is 17.9 Å². The predicted octanol–water partition coefficient (Wildman–Crippen LogP) is 2.94. The van der Waals surface area contributed by atoms with Crippen LogP contribution in [0.4, 0.5) is 0 Å². The lowest BCUT2D eigenvalue weighted by Gasteiger charge is -2.08. The van der Waals surface area contributed by atoms with Crippen molar-refractivity contribution in [2.45, 2.75) is 12.8 Å². The minimum Gasteiger partial charge on any atom is -0.497 e. The van der Waals surface area contributed by atoms with E-state index in [1.165, 1.54) is 0 Å². The Morgan fingerprint density at radius 3 is 2.76 bits per heavy atom. The molecule has 0 saturated heterocycles. The monoisotopic (exact) mass is 291 g/mol. The summed E-state index contributed by atoms with van der Waals surface area (Å²) in [5.74, 6) is 0.501. The maximum atomic E-state index is 11.9. The van der Waals surface area contributed by atoms with Crippen molar-refractivity contribution >= 4 is 16.9 Å². The number of fused-ring (bicyclic) bond motifs is 1. The van der Waals surface area contributed by atoms with Crippen molar-refractivity contribution in [2.75, 3.05) is 34.4 Å². The third-order valence-corrected chi connectivity index (χ3v) is 3.16. The minimum atomic E-state index is -0.421. The lowest BCUT2D eigenvalue weighted by Crippen LogP contribution is -2.14. The number of benzene rings is 1. The minimum absolute atomic E-state index is 0.228.